The van der Waals surface area contributed by atoms with Gasteiger partial charge in [-0.05, 0) is 0 Å². The average molecular weight is 565 g/mol. The molecule has 0 aliphatic heterocycles. The SMILES string of the molecule is N#Cc1cccc(-c2nc(-c3ccccc3)nc(-c3ccc4ccc5nc(-c6ccccc6)[se]c5c4c3)n2)c1. The molecule has 0 saturated heterocycles. The van der Waals surface area contributed by atoms with Gasteiger partial charge in [0.1, 0.15) is 0 Å². The molecule has 2 aromatic heterocycles. The van der Waals surface area contributed by atoms with Crippen molar-refractivity contribution in [1.29, 1.82) is 5.26 Å². The summed E-state index contributed by atoms with van der Waals surface area (Å²) in [6.07, 6.45) is 0. The van der Waals surface area contributed by atoms with Gasteiger partial charge < -0.3 is 0 Å². The molecule has 5 aromatic carbocycles. The fourth-order valence-corrected chi connectivity index (χ4v) is 6.93. The molecule has 0 aliphatic carbocycles. The van der Waals surface area contributed by atoms with Crippen molar-refractivity contribution in [3.63, 3.8) is 0 Å². The molecule has 182 valence electrons. The minimum absolute atomic E-state index is 0.0893. The predicted molar refractivity (Wildman–Crippen MR) is 156 cm³/mol. The molecule has 0 saturated carbocycles. The van der Waals surface area contributed by atoms with Crippen LogP contribution in [0.5, 0.6) is 0 Å². The number of rotatable bonds is 4. The third-order valence-corrected chi connectivity index (χ3v) is 8.99. The van der Waals surface area contributed by atoms with Crippen LogP contribution >= 0.6 is 0 Å². The van der Waals surface area contributed by atoms with Crippen molar-refractivity contribution in [2.24, 2.45) is 0 Å². The normalized spacial score (nSPS) is 11.1. The molecule has 7 aromatic rings. The van der Waals surface area contributed by atoms with Crippen LogP contribution in [0, 0.1) is 11.3 Å². The maximum absolute atomic E-state index is 9.43. The summed E-state index contributed by atoms with van der Waals surface area (Å²) in [6, 6.07) is 40.5. The Morgan fingerprint density at radius 1 is 0.538 bits per heavy atom. The van der Waals surface area contributed by atoms with Crippen LogP contribution < -0.4 is 0 Å². The summed E-state index contributed by atoms with van der Waals surface area (Å²) in [5.41, 5.74) is 5.37. The monoisotopic (exact) mass is 565 g/mol. The fraction of sp³-hybridized carbons (Fsp3) is 0. The summed E-state index contributed by atoms with van der Waals surface area (Å²) in [7, 11) is 0. The van der Waals surface area contributed by atoms with Crippen molar-refractivity contribution >= 4 is 35.1 Å². The zero-order valence-electron chi connectivity index (χ0n) is 20.6. The molecule has 5 nitrogen and oxygen atoms in total. The average Bonchev–Trinajstić information content (AvgIpc) is 3.47. The molecule has 0 aliphatic rings. The molecule has 0 amide bonds. The molecule has 0 fully saturated rings. The van der Waals surface area contributed by atoms with Crippen LogP contribution in [0.1, 0.15) is 5.56 Å². The molecule has 2 heterocycles. The summed E-state index contributed by atoms with van der Waals surface area (Å²) in [5, 5.41) is 11.8. The molecule has 0 atom stereocenters. The van der Waals surface area contributed by atoms with Gasteiger partial charge in [0.2, 0.25) is 0 Å². The van der Waals surface area contributed by atoms with Crippen molar-refractivity contribution in [3.05, 3.63) is 121 Å². The van der Waals surface area contributed by atoms with E-state index in [1.54, 1.807) is 6.07 Å². The van der Waals surface area contributed by atoms with Gasteiger partial charge in [-0.2, -0.15) is 0 Å². The Balaban J connectivity index is 1.42. The van der Waals surface area contributed by atoms with Crippen molar-refractivity contribution in [3.8, 4) is 50.4 Å². The molecular weight excluding hydrogens is 545 g/mol. The van der Waals surface area contributed by atoms with E-state index in [1.165, 1.54) is 20.6 Å². The molecule has 7 rings (SSSR count). The van der Waals surface area contributed by atoms with E-state index < -0.39 is 0 Å². The van der Waals surface area contributed by atoms with Gasteiger partial charge in [-0.1, -0.05) is 0 Å². The van der Waals surface area contributed by atoms with Gasteiger partial charge in [0.15, 0.2) is 0 Å². The number of benzene rings is 5. The Morgan fingerprint density at radius 2 is 1.15 bits per heavy atom. The number of fused-ring (bicyclic) bond motifs is 3. The van der Waals surface area contributed by atoms with E-state index in [0.717, 1.165) is 26.8 Å². The predicted octanol–water partition coefficient (Wildman–Crippen LogP) is 7.17. The number of aromatic nitrogens is 4. The molecule has 6 heteroatoms. The Morgan fingerprint density at radius 3 is 1.87 bits per heavy atom. The quantitative estimate of drug-likeness (QED) is 0.212. The van der Waals surface area contributed by atoms with E-state index in [9.17, 15) is 5.26 Å². The Bertz CT molecular complexity index is 2030. The molecular formula is C33H19N5Se. The second-order valence-corrected chi connectivity index (χ2v) is 11.2. The van der Waals surface area contributed by atoms with Crippen molar-refractivity contribution in [2.75, 3.05) is 0 Å². The number of nitriles is 1. The van der Waals surface area contributed by atoms with Gasteiger partial charge in [0.25, 0.3) is 0 Å². The summed E-state index contributed by atoms with van der Waals surface area (Å²) in [4.78, 5) is 19.5. The number of nitrogens with zero attached hydrogens (tertiary/aromatic N) is 5. The van der Waals surface area contributed by atoms with Crippen LogP contribution in [0.25, 0.3) is 64.8 Å². The van der Waals surface area contributed by atoms with E-state index in [1.807, 2.05) is 54.6 Å². The Kier molecular flexibility index (Phi) is 5.79. The topological polar surface area (TPSA) is 75.3 Å². The summed E-state index contributed by atoms with van der Waals surface area (Å²) in [6.45, 7) is 0. The third kappa shape index (κ3) is 4.40. The van der Waals surface area contributed by atoms with E-state index in [0.29, 0.717) is 23.0 Å². The first-order chi connectivity index (χ1) is 19.2. The Labute approximate surface area is 230 Å². The van der Waals surface area contributed by atoms with E-state index in [-0.39, 0.29) is 14.5 Å². The zero-order valence-corrected chi connectivity index (χ0v) is 22.3. The summed E-state index contributed by atoms with van der Waals surface area (Å²) >= 11 is 0.0893. The first-order valence-corrected chi connectivity index (χ1v) is 14.2. The molecule has 0 bridgehead atoms. The molecule has 0 N–H and O–H groups in total. The van der Waals surface area contributed by atoms with Gasteiger partial charge in [-0.15, -0.1) is 0 Å². The molecule has 39 heavy (non-hydrogen) atoms. The number of hydrogen-bond acceptors (Lipinski definition) is 5. The van der Waals surface area contributed by atoms with Crippen LogP contribution in [0.3, 0.4) is 0 Å². The molecule has 0 radical (unpaired) electrons. The van der Waals surface area contributed by atoms with E-state index in [2.05, 4.69) is 60.7 Å². The molecule has 0 spiro atoms. The summed E-state index contributed by atoms with van der Waals surface area (Å²) < 4.78 is 2.42. The second-order valence-electron chi connectivity index (χ2n) is 9.10. The van der Waals surface area contributed by atoms with Crippen molar-refractivity contribution < 1.29 is 0 Å². The van der Waals surface area contributed by atoms with Crippen LogP contribution in [-0.2, 0) is 0 Å². The standard InChI is InChI=1S/C33H19N5Se/c34-20-21-8-7-13-25(18-21)31-36-30(23-9-3-1-4-10-23)37-32(38-31)26-15-14-22-16-17-28-29(27(22)19-26)39-33(35-28)24-11-5-2-6-12-24/h1-19H. The first-order valence-electron chi connectivity index (χ1n) is 12.5. The van der Waals surface area contributed by atoms with Gasteiger partial charge in [0.05, 0.1) is 0 Å². The van der Waals surface area contributed by atoms with Crippen LogP contribution in [-0.4, -0.2) is 34.4 Å². The fourth-order valence-electron chi connectivity index (χ4n) is 4.63. The van der Waals surface area contributed by atoms with Crippen LogP contribution in [0.15, 0.2) is 115 Å². The number of hydrogen-bond donors (Lipinski definition) is 0. The second kappa shape index (κ2) is 9.74. The zero-order chi connectivity index (χ0) is 26.2. The third-order valence-electron chi connectivity index (χ3n) is 6.57. The summed E-state index contributed by atoms with van der Waals surface area (Å²) in [5.74, 6) is 1.72. The van der Waals surface area contributed by atoms with Gasteiger partial charge in [0, 0.05) is 0 Å². The van der Waals surface area contributed by atoms with E-state index >= 15 is 0 Å². The van der Waals surface area contributed by atoms with Gasteiger partial charge in [-0.25, -0.2) is 0 Å². The van der Waals surface area contributed by atoms with Crippen LogP contribution in [0.2, 0.25) is 0 Å². The maximum atomic E-state index is 9.43. The molecule has 0 unspecified atom stereocenters. The van der Waals surface area contributed by atoms with Gasteiger partial charge >= 0.3 is 231 Å². The minimum atomic E-state index is 0.0893. The van der Waals surface area contributed by atoms with Crippen molar-refractivity contribution in [1.82, 2.24) is 19.9 Å². The van der Waals surface area contributed by atoms with Crippen LogP contribution in [0.4, 0.5) is 0 Å². The van der Waals surface area contributed by atoms with Gasteiger partial charge in [-0.3, -0.25) is 0 Å². The van der Waals surface area contributed by atoms with E-state index in [4.69, 9.17) is 19.9 Å². The first kappa shape index (κ1) is 23.2. The Hall–Kier alpha value is -4.95. The van der Waals surface area contributed by atoms with Crippen molar-refractivity contribution in [2.45, 2.75) is 0 Å².